The average Bonchev–Trinajstić information content (AvgIpc) is 3.44. The van der Waals surface area contributed by atoms with Gasteiger partial charge in [0, 0.05) is 29.3 Å². The smallest absolute Gasteiger partial charge is 0.164 e. The zero-order chi connectivity index (χ0) is 29.5. The number of benzene rings is 6. The van der Waals surface area contributed by atoms with Crippen LogP contribution in [0.1, 0.15) is 0 Å². The Balaban J connectivity index is 1.31. The first-order valence-corrected chi connectivity index (χ1v) is 14.6. The Morgan fingerprint density at radius 2 is 0.909 bits per heavy atom. The van der Waals surface area contributed by atoms with E-state index in [-0.39, 0.29) is 0 Å². The number of aryl methyl sites for hydroxylation is 1. The molecule has 0 spiro atoms. The molecular weight excluding hydrogens is 538 g/mol. The summed E-state index contributed by atoms with van der Waals surface area (Å²) < 4.78 is 2.15. The first-order valence-electron chi connectivity index (χ1n) is 14.6. The summed E-state index contributed by atoms with van der Waals surface area (Å²) in [4.78, 5) is 19.9. The van der Waals surface area contributed by atoms with E-state index in [4.69, 9.17) is 19.9 Å². The number of para-hydroxylation sites is 2. The van der Waals surface area contributed by atoms with Crippen LogP contribution in [0.2, 0.25) is 0 Å². The molecule has 0 N–H and O–H groups in total. The molecule has 0 atom stereocenters. The number of imidazole rings is 1. The third kappa shape index (κ3) is 4.61. The van der Waals surface area contributed by atoms with Crippen LogP contribution in [-0.2, 0) is 7.05 Å². The third-order valence-electron chi connectivity index (χ3n) is 8.07. The first kappa shape index (κ1) is 25.7. The predicted octanol–water partition coefficient (Wildman–Crippen LogP) is 9.25. The van der Waals surface area contributed by atoms with Gasteiger partial charge in [-0.05, 0) is 46.2 Å². The lowest BCUT2D eigenvalue weighted by atomic mass is 9.94. The van der Waals surface area contributed by atoms with Gasteiger partial charge in [0.15, 0.2) is 17.5 Å². The molecule has 0 aliphatic rings. The molecule has 5 nitrogen and oxygen atoms in total. The van der Waals surface area contributed by atoms with Gasteiger partial charge in [0.2, 0.25) is 0 Å². The maximum Gasteiger partial charge on any atom is 0.164 e. The zero-order valence-electron chi connectivity index (χ0n) is 24.1. The van der Waals surface area contributed by atoms with Gasteiger partial charge in [-0.25, -0.2) is 19.9 Å². The van der Waals surface area contributed by atoms with Crippen molar-refractivity contribution >= 4 is 21.8 Å². The van der Waals surface area contributed by atoms with Gasteiger partial charge in [0.1, 0.15) is 5.82 Å². The molecule has 0 aliphatic carbocycles. The highest BCUT2D eigenvalue weighted by Crippen LogP contribution is 2.37. The highest BCUT2D eigenvalue weighted by Gasteiger charge is 2.17. The molecule has 2 heterocycles. The maximum absolute atomic E-state index is 5.06. The molecule has 5 heteroatoms. The van der Waals surface area contributed by atoms with E-state index in [1.54, 1.807) is 0 Å². The summed E-state index contributed by atoms with van der Waals surface area (Å²) in [6, 6.07) is 49.9. The van der Waals surface area contributed by atoms with Crippen molar-refractivity contribution in [1.29, 1.82) is 0 Å². The van der Waals surface area contributed by atoms with Crippen LogP contribution in [0, 0.1) is 0 Å². The molecule has 2 aromatic heterocycles. The van der Waals surface area contributed by atoms with Crippen molar-refractivity contribution in [2.45, 2.75) is 0 Å². The lowest BCUT2D eigenvalue weighted by molar-refractivity contribution is 0.959. The number of hydrogen-bond donors (Lipinski definition) is 0. The molecule has 208 valence electrons. The van der Waals surface area contributed by atoms with Gasteiger partial charge in [-0.15, -0.1) is 0 Å². The van der Waals surface area contributed by atoms with Crippen LogP contribution in [0.25, 0.3) is 78.5 Å². The van der Waals surface area contributed by atoms with Gasteiger partial charge in [0.25, 0.3) is 0 Å². The molecule has 0 unspecified atom stereocenters. The summed E-state index contributed by atoms with van der Waals surface area (Å²) >= 11 is 0. The van der Waals surface area contributed by atoms with Gasteiger partial charge >= 0.3 is 0 Å². The van der Waals surface area contributed by atoms with E-state index in [0.29, 0.717) is 17.5 Å². The SMILES string of the molecule is Cn1c(-c2ccc(-c3cc4ccccc4cc3-c3nc(-c4ccccc4)nc(-c4ccccc4)n3)cc2)nc2ccccc21. The maximum atomic E-state index is 5.06. The average molecular weight is 566 g/mol. The van der Waals surface area contributed by atoms with E-state index >= 15 is 0 Å². The Bertz CT molecular complexity index is 2210. The van der Waals surface area contributed by atoms with Crippen LogP contribution in [-0.4, -0.2) is 24.5 Å². The van der Waals surface area contributed by atoms with Crippen LogP contribution in [0.15, 0.2) is 146 Å². The first-order chi connectivity index (χ1) is 21.7. The summed E-state index contributed by atoms with van der Waals surface area (Å²) in [6.45, 7) is 0. The molecule has 0 saturated heterocycles. The minimum atomic E-state index is 0.637. The molecule has 0 radical (unpaired) electrons. The Hall–Kier alpha value is -5.94. The van der Waals surface area contributed by atoms with Crippen LogP contribution >= 0.6 is 0 Å². The second-order valence-electron chi connectivity index (χ2n) is 10.8. The molecule has 6 aromatic carbocycles. The molecule has 0 bridgehead atoms. The molecule has 8 aromatic rings. The number of hydrogen-bond acceptors (Lipinski definition) is 4. The topological polar surface area (TPSA) is 56.5 Å². The van der Waals surface area contributed by atoms with Crippen LogP contribution in [0.5, 0.6) is 0 Å². The van der Waals surface area contributed by atoms with Crippen molar-refractivity contribution in [3.8, 4) is 56.7 Å². The fourth-order valence-electron chi connectivity index (χ4n) is 5.80. The van der Waals surface area contributed by atoms with Crippen molar-refractivity contribution in [1.82, 2.24) is 24.5 Å². The number of rotatable bonds is 5. The number of aromatic nitrogens is 5. The zero-order valence-corrected chi connectivity index (χ0v) is 24.1. The Kier molecular flexibility index (Phi) is 6.27. The highest BCUT2D eigenvalue weighted by molar-refractivity contribution is 5.96. The fraction of sp³-hybridized carbons (Fsp3) is 0.0256. The van der Waals surface area contributed by atoms with Gasteiger partial charge < -0.3 is 4.57 Å². The monoisotopic (exact) mass is 565 g/mol. The van der Waals surface area contributed by atoms with Crippen molar-refractivity contribution in [3.63, 3.8) is 0 Å². The van der Waals surface area contributed by atoms with Crippen molar-refractivity contribution < 1.29 is 0 Å². The summed E-state index contributed by atoms with van der Waals surface area (Å²) in [5.74, 6) is 2.86. The summed E-state index contributed by atoms with van der Waals surface area (Å²) in [7, 11) is 2.06. The van der Waals surface area contributed by atoms with Crippen molar-refractivity contribution in [2.24, 2.45) is 7.05 Å². The molecule has 0 saturated carbocycles. The summed E-state index contributed by atoms with van der Waals surface area (Å²) in [5, 5.41) is 2.29. The van der Waals surface area contributed by atoms with E-state index in [9.17, 15) is 0 Å². The Morgan fingerprint density at radius 3 is 1.52 bits per heavy atom. The highest BCUT2D eigenvalue weighted by atomic mass is 15.1. The number of fused-ring (bicyclic) bond motifs is 2. The van der Waals surface area contributed by atoms with Crippen LogP contribution < -0.4 is 0 Å². The minimum Gasteiger partial charge on any atom is -0.327 e. The fourth-order valence-corrected chi connectivity index (χ4v) is 5.80. The largest absolute Gasteiger partial charge is 0.327 e. The standard InChI is InChI=1S/C39H27N5/c1-44-35-19-11-10-18-34(35)40-39(44)29-22-20-26(21-23-29)32-24-30-16-8-9-17-31(30)25-33(32)38-42-36(27-12-4-2-5-13-27)41-37(43-38)28-14-6-3-7-15-28/h2-25H,1H3. The normalized spacial score (nSPS) is 11.3. The molecule has 0 aliphatic heterocycles. The summed E-state index contributed by atoms with van der Waals surface area (Å²) in [5.41, 5.74) is 8.15. The Labute approximate surface area is 255 Å². The number of nitrogens with zero attached hydrogens (tertiary/aromatic N) is 5. The third-order valence-corrected chi connectivity index (χ3v) is 8.07. The second kappa shape index (κ2) is 10.7. The quantitative estimate of drug-likeness (QED) is 0.209. The second-order valence-corrected chi connectivity index (χ2v) is 10.8. The Morgan fingerprint density at radius 1 is 0.409 bits per heavy atom. The van der Waals surface area contributed by atoms with E-state index in [0.717, 1.165) is 61.0 Å². The molecule has 8 rings (SSSR count). The predicted molar refractivity (Wildman–Crippen MR) is 179 cm³/mol. The lowest BCUT2D eigenvalue weighted by Gasteiger charge is -2.14. The molecular formula is C39H27N5. The molecule has 0 fully saturated rings. The van der Waals surface area contributed by atoms with Gasteiger partial charge in [-0.2, -0.15) is 0 Å². The van der Waals surface area contributed by atoms with Gasteiger partial charge in [0.05, 0.1) is 11.0 Å². The summed E-state index contributed by atoms with van der Waals surface area (Å²) in [6.07, 6.45) is 0. The van der Waals surface area contributed by atoms with Crippen molar-refractivity contribution in [3.05, 3.63) is 146 Å². The van der Waals surface area contributed by atoms with Gasteiger partial charge in [-0.3, -0.25) is 0 Å². The van der Waals surface area contributed by atoms with Crippen LogP contribution in [0.4, 0.5) is 0 Å². The van der Waals surface area contributed by atoms with E-state index in [1.165, 1.54) is 0 Å². The van der Waals surface area contributed by atoms with Crippen molar-refractivity contribution in [2.75, 3.05) is 0 Å². The van der Waals surface area contributed by atoms with E-state index in [2.05, 4.69) is 84.4 Å². The van der Waals surface area contributed by atoms with E-state index < -0.39 is 0 Å². The molecule has 0 amide bonds. The van der Waals surface area contributed by atoms with E-state index in [1.807, 2.05) is 72.8 Å². The van der Waals surface area contributed by atoms with Crippen LogP contribution in [0.3, 0.4) is 0 Å². The minimum absolute atomic E-state index is 0.637. The van der Waals surface area contributed by atoms with Gasteiger partial charge in [-0.1, -0.05) is 121 Å². The molecule has 44 heavy (non-hydrogen) atoms. The lowest BCUT2D eigenvalue weighted by Crippen LogP contribution is -2.01.